The summed E-state index contributed by atoms with van der Waals surface area (Å²) < 4.78 is 27.7. The third-order valence-corrected chi connectivity index (χ3v) is 8.10. The Bertz CT molecular complexity index is 1120. The molecular weight excluding hydrogens is 418 g/mol. The van der Waals surface area contributed by atoms with Crippen LogP contribution < -0.4 is 4.31 Å². The van der Waals surface area contributed by atoms with Crippen molar-refractivity contribution in [2.24, 2.45) is 0 Å². The summed E-state index contributed by atoms with van der Waals surface area (Å²) in [5.41, 5.74) is 2.40. The first-order valence-corrected chi connectivity index (χ1v) is 12.1. The van der Waals surface area contributed by atoms with Gasteiger partial charge in [0, 0.05) is 18.6 Å². The molecule has 0 spiro atoms. The molecule has 4 rings (SSSR count). The second-order valence-corrected chi connectivity index (χ2v) is 9.99. The maximum Gasteiger partial charge on any atom is 0.266 e. The van der Waals surface area contributed by atoms with E-state index in [1.165, 1.54) is 29.0 Å². The molecule has 0 N–H and O–H groups in total. The Morgan fingerprint density at radius 2 is 1.87 bits per heavy atom. The van der Waals surface area contributed by atoms with E-state index in [4.69, 9.17) is 0 Å². The van der Waals surface area contributed by atoms with Gasteiger partial charge in [0.2, 0.25) is 5.91 Å². The highest BCUT2D eigenvalue weighted by atomic mass is 32.2. The largest absolute Gasteiger partial charge is 0.337 e. The highest BCUT2D eigenvalue weighted by Gasteiger charge is 2.32. The van der Waals surface area contributed by atoms with Gasteiger partial charge < -0.3 is 4.90 Å². The number of likely N-dealkylation sites (N-methyl/N-ethyl adjacent to an activating group) is 1. The number of nitrogens with zero attached hydrogens (tertiary/aromatic N) is 3. The highest BCUT2D eigenvalue weighted by Crippen LogP contribution is 2.34. The lowest BCUT2D eigenvalue weighted by Crippen LogP contribution is -2.43. The number of thiazole rings is 1. The molecule has 1 atom stereocenters. The van der Waals surface area contributed by atoms with E-state index in [9.17, 15) is 13.2 Å². The molecule has 0 aliphatic heterocycles. The molecule has 30 heavy (non-hydrogen) atoms. The van der Waals surface area contributed by atoms with Gasteiger partial charge in [-0.2, -0.15) is 0 Å². The van der Waals surface area contributed by atoms with Crippen LogP contribution in [0.1, 0.15) is 30.0 Å². The van der Waals surface area contributed by atoms with E-state index >= 15 is 0 Å². The number of anilines is 1. The molecule has 2 aromatic carbocycles. The number of carbonyl (C=O) groups is 1. The quantitative estimate of drug-likeness (QED) is 0.582. The van der Waals surface area contributed by atoms with Crippen LogP contribution in [0, 0.1) is 0 Å². The third-order valence-electron chi connectivity index (χ3n) is 5.44. The van der Waals surface area contributed by atoms with Crippen molar-refractivity contribution in [3.05, 3.63) is 77.3 Å². The second kappa shape index (κ2) is 8.57. The number of aromatic nitrogens is 1. The van der Waals surface area contributed by atoms with Crippen LogP contribution in [0.2, 0.25) is 0 Å². The van der Waals surface area contributed by atoms with E-state index in [2.05, 4.69) is 17.1 Å². The van der Waals surface area contributed by atoms with Crippen molar-refractivity contribution in [3.8, 4) is 0 Å². The lowest BCUT2D eigenvalue weighted by Gasteiger charge is -2.34. The molecule has 1 amide bonds. The molecule has 0 bridgehead atoms. The zero-order valence-corrected chi connectivity index (χ0v) is 18.3. The third kappa shape index (κ3) is 3.97. The predicted molar refractivity (Wildman–Crippen MR) is 118 cm³/mol. The summed E-state index contributed by atoms with van der Waals surface area (Å²) in [5.74, 6) is -0.258. The number of carbonyl (C=O) groups excluding carboxylic acids is 1. The fourth-order valence-corrected chi connectivity index (χ4v) is 6.11. The van der Waals surface area contributed by atoms with Crippen molar-refractivity contribution in [2.45, 2.75) is 30.2 Å². The van der Waals surface area contributed by atoms with Crippen molar-refractivity contribution < 1.29 is 13.2 Å². The number of amides is 1. The molecule has 0 fully saturated rings. The molecule has 0 radical (unpaired) electrons. The monoisotopic (exact) mass is 441 g/mol. The van der Waals surface area contributed by atoms with Crippen molar-refractivity contribution >= 4 is 32.4 Å². The van der Waals surface area contributed by atoms with Gasteiger partial charge in [0.1, 0.15) is 6.54 Å². The first-order valence-electron chi connectivity index (χ1n) is 9.79. The van der Waals surface area contributed by atoms with Gasteiger partial charge in [-0.1, -0.05) is 42.5 Å². The van der Waals surface area contributed by atoms with Crippen LogP contribution >= 0.6 is 11.3 Å². The Balaban J connectivity index is 1.62. The number of hydrogen-bond donors (Lipinski definition) is 0. The van der Waals surface area contributed by atoms with E-state index in [0.29, 0.717) is 0 Å². The molecule has 0 saturated carbocycles. The average molecular weight is 442 g/mol. The second-order valence-electron chi connectivity index (χ2n) is 7.25. The summed E-state index contributed by atoms with van der Waals surface area (Å²) in [6, 6.07) is 16.2. The molecule has 1 unspecified atom stereocenters. The molecule has 1 aliphatic rings. The Hall–Kier alpha value is -2.71. The summed E-state index contributed by atoms with van der Waals surface area (Å²) >= 11 is 1.20. The number of hydrogen-bond acceptors (Lipinski definition) is 5. The van der Waals surface area contributed by atoms with Crippen LogP contribution in [0.15, 0.2) is 71.1 Å². The molecule has 156 valence electrons. The maximum absolute atomic E-state index is 13.3. The molecule has 3 aromatic rings. The van der Waals surface area contributed by atoms with Crippen LogP contribution in [-0.4, -0.2) is 37.8 Å². The molecule has 1 aliphatic carbocycles. The predicted octanol–water partition coefficient (Wildman–Crippen LogP) is 3.87. The topological polar surface area (TPSA) is 70.6 Å². The zero-order valence-electron chi connectivity index (χ0n) is 16.6. The van der Waals surface area contributed by atoms with Crippen molar-refractivity contribution in [2.75, 3.05) is 17.9 Å². The lowest BCUT2D eigenvalue weighted by molar-refractivity contribution is -0.130. The van der Waals surface area contributed by atoms with Gasteiger partial charge in [0.25, 0.3) is 10.0 Å². The summed E-state index contributed by atoms with van der Waals surface area (Å²) in [6.07, 6.45) is 4.40. The minimum absolute atomic E-state index is 0.0555. The Labute approximate surface area is 180 Å². The van der Waals surface area contributed by atoms with Crippen LogP contribution in [0.5, 0.6) is 0 Å². The van der Waals surface area contributed by atoms with Crippen molar-refractivity contribution in [1.82, 2.24) is 9.88 Å². The molecule has 8 heteroatoms. The van der Waals surface area contributed by atoms with Crippen LogP contribution in [-0.2, 0) is 21.2 Å². The Morgan fingerprint density at radius 3 is 2.60 bits per heavy atom. The number of sulfonamides is 1. The molecule has 1 heterocycles. The van der Waals surface area contributed by atoms with Gasteiger partial charge in [-0.15, -0.1) is 11.3 Å². The minimum Gasteiger partial charge on any atom is -0.337 e. The lowest BCUT2D eigenvalue weighted by atomic mass is 9.87. The van der Waals surface area contributed by atoms with Crippen LogP contribution in [0.25, 0.3) is 0 Å². The normalized spacial score (nSPS) is 16.0. The summed E-state index contributed by atoms with van der Waals surface area (Å²) in [7, 11) is -2.16. The summed E-state index contributed by atoms with van der Waals surface area (Å²) in [4.78, 5) is 19.2. The van der Waals surface area contributed by atoms with Crippen LogP contribution in [0.4, 0.5) is 5.13 Å². The summed E-state index contributed by atoms with van der Waals surface area (Å²) in [5, 5.41) is 1.98. The van der Waals surface area contributed by atoms with Gasteiger partial charge in [0.15, 0.2) is 5.13 Å². The molecular formula is C22H23N3O3S2. The minimum atomic E-state index is -3.91. The van der Waals surface area contributed by atoms with Gasteiger partial charge in [-0.25, -0.2) is 17.7 Å². The van der Waals surface area contributed by atoms with Crippen molar-refractivity contribution in [1.29, 1.82) is 0 Å². The standard InChI is InChI=1S/C22H23N3O3S2/c1-24(20-13-7-9-17-8-5-6-12-19(17)20)21(26)16-25(22-23-14-15-29-22)30(27,28)18-10-3-2-4-11-18/h2-6,8,10-12,14-15,20H,7,9,13,16H2,1H3. The Kier molecular flexibility index (Phi) is 5.87. The maximum atomic E-state index is 13.3. The van der Waals surface area contributed by atoms with E-state index in [1.54, 1.807) is 41.7 Å². The highest BCUT2D eigenvalue weighted by molar-refractivity contribution is 7.93. The van der Waals surface area contributed by atoms with Gasteiger partial charge >= 0.3 is 0 Å². The molecule has 6 nitrogen and oxygen atoms in total. The van der Waals surface area contributed by atoms with Crippen molar-refractivity contribution in [3.63, 3.8) is 0 Å². The first kappa shape index (κ1) is 20.6. The number of aryl methyl sites for hydroxylation is 1. The number of benzene rings is 2. The smallest absolute Gasteiger partial charge is 0.266 e. The van der Waals surface area contributed by atoms with Gasteiger partial charge in [-0.05, 0) is 42.5 Å². The van der Waals surface area contributed by atoms with E-state index in [1.807, 2.05) is 12.1 Å². The molecule has 1 aromatic heterocycles. The van der Waals surface area contributed by atoms with E-state index < -0.39 is 10.0 Å². The van der Waals surface area contributed by atoms with Gasteiger partial charge in [-0.3, -0.25) is 4.79 Å². The number of fused-ring (bicyclic) bond motifs is 1. The van der Waals surface area contributed by atoms with Crippen LogP contribution in [0.3, 0.4) is 0 Å². The summed E-state index contributed by atoms with van der Waals surface area (Å²) in [6.45, 7) is -0.292. The fourth-order valence-electron chi connectivity index (χ4n) is 3.85. The fraction of sp³-hybridized carbons (Fsp3) is 0.273. The molecule has 0 saturated heterocycles. The number of rotatable bonds is 6. The van der Waals surface area contributed by atoms with E-state index in [-0.39, 0.29) is 28.5 Å². The van der Waals surface area contributed by atoms with Gasteiger partial charge in [0.05, 0.1) is 10.9 Å². The zero-order chi connectivity index (χ0) is 21.1. The average Bonchev–Trinajstić information content (AvgIpc) is 3.31. The first-order chi connectivity index (χ1) is 14.5. The Morgan fingerprint density at radius 1 is 1.13 bits per heavy atom. The SMILES string of the molecule is CN(C(=O)CN(c1nccs1)S(=O)(=O)c1ccccc1)C1CCCc2ccccc21. The van der Waals surface area contributed by atoms with E-state index in [0.717, 1.165) is 29.1 Å².